The van der Waals surface area contributed by atoms with Crippen LogP contribution in [-0.4, -0.2) is 12.2 Å². The van der Waals surface area contributed by atoms with Crippen molar-refractivity contribution in [3.8, 4) is 10.4 Å². The van der Waals surface area contributed by atoms with Crippen LogP contribution in [-0.2, 0) is 0 Å². The fraction of sp³-hybridized carbons (Fsp3) is 0. The fourth-order valence-electron chi connectivity index (χ4n) is 1.36. The number of thiophene rings is 1. The molecule has 86 valence electrons. The summed E-state index contributed by atoms with van der Waals surface area (Å²) in [6.45, 7) is 0. The molecule has 1 heterocycles. The third kappa shape index (κ3) is 3.15. The minimum atomic E-state index is 0.0149. The van der Waals surface area contributed by atoms with E-state index in [9.17, 15) is 0 Å². The maximum atomic E-state index is 5.20. The van der Waals surface area contributed by atoms with Crippen LogP contribution in [0.4, 0.5) is 0 Å². The zero-order valence-corrected chi connectivity index (χ0v) is 9.95. The number of nitrogens with two attached hydrogens (primary N) is 2. The van der Waals surface area contributed by atoms with Crippen LogP contribution in [0.3, 0.4) is 0 Å². The van der Waals surface area contributed by atoms with Crippen LogP contribution in [0, 0.1) is 0 Å². The number of hydrogen-bond donors (Lipinski definition) is 3. The summed E-state index contributed by atoms with van der Waals surface area (Å²) in [5.41, 5.74) is 11.6. The van der Waals surface area contributed by atoms with Crippen LogP contribution in [0.25, 0.3) is 10.4 Å². The highest BCUT2D eigenvalue weighted by molar-refractivity contribution is 7.17. The van der Waals surface area contributed by atoms with Crippen molar-refractivity contribution in [3.05, 3.63) is 47.3 Å². The van der Waals surface area contributed by atoms with E-state index in [0.717, 1.165) is 4.88 Å². The average Bonchev–Trinajstić information content (AvgIpc) is 2.78. The summed E-state index contributed by atoms with van der Waals surface area (Å²) in [6, 6.07) is 14.3. The molecule has 0 radical (unpaired) electrons. The Morgan fingerprint density at radius 3 is 2.59 bits per heavy atom. The lowest BCUT2D eigenvalue weighted by molar-refractivity contribution is -0.456. The summed E-state index contributed by atoms with van der Waals surface area (Å²) in [4.78, 5) is 2.28. The van der Waals surface area contributed by atoms with Crippen LogP contribution < -0.4 is 16.6 Å². The molecular weight excluding hydrogens is 232 g/mol. The number of guanidine groups is 1. The molecule has 0 saturated carbocycles. The Kier molecular flexibility index (Phi) is 3.52. The quantitative estimate of drug-likeness (QED) is 0.407. The van der Waals surface area contributed by atoms with Gasteiger partial charge in [0.2, 0.25) is 6.21 Å². The van der Waals surface area contributed by atoms with Gasteiger partial charge in [0.15, 0.2) is 0 Å². The SMILES string of the molecule is NC(N)=N/[NH+]=C/c1ccc(-c2ccccc2)s1. The molecule has 0 aliphatic rings. The van der Waals surface area contributed by atoms with E-state index in [1.165, 1.54) is 10.4 Å². The molecule has 0 bridgehead atoms. The van der Waals surface area contributed by atoms with Crippen LogP contribution in [0.1, 0.15) is 4.88 Å². The van der Waals surface area contributed by atoms with E-state index in [-0.39, 0.29) is 5.96 Å². The molecule has 2 rings (SSSR count). The van der Waals surface area contributed by atoms with Gasteiger partial charge in [0.1, 0.15) is 0 Å². The van der Waals surface area contributed by atoms with Crippen LogP contribution >= 0.6 is 11.3 Å². The van der Waals surface area contributed by atoms with E-state index in [0.29, 0.717) is 0 Å². The van der Waals surface area contributed by atoms with Crippen molar-refractivity contribution in [1.82, 2.24) is 0 Å². The van der Waals surface area contributed by atoms with Crippen molar-refractivity contribution in [2.75, 3.05) is 0 Å². The van der Waals surface area contributed by atoms with Crippen molar-refractivity contribution in [1.29, 1.82) is 0 Å². The normalized spacial score (nSPS) is 10.6. The molecule has 0 aliphatic carbocycles. The van der Waals surface area contributed by atoms with Gasteiger partial charge in [-0.3, -0.25) is 0 Å². The highest BCUT2D eigenvalue weighted by atomic mass is 32.1. The van der Waals surface area contributed by atoms with Gasteiger partial charge in [0, 0.05) is 9.98 Å². The maximum absolute atomic E-state index is 5.20. The summed E-state index contributed by atoms with van der Waals surface area (Å²) in [7, 11) is 0. The van der Waals surface area contributed by atoms with E-state index in [4.69, 9.17) is 11.5 Å². The lowest BCUT2D eigenvalue weighted by atomic mass is 10.2. The topological polar surface area (TPSA) is 78.4 Å². The number of benzene rings is 1. The van der Waals surface area contributed by atoms with Gasteiger partial charge in [-0.15, -0.1) is 16.4 Å². The van der Waals surface area contributed by atoms with Gasteiger partial charge in [-0.05, 0) is 17.7 Å². The zero-order chi connectivity index (χ0) is 12.1. The Bertz CT molecular complexity index is 539. The molecule has 2 aromatic rings. The number of rotatable bonds is 3. The molecule has 5 N–H and O–H groups in total. The largest absolute Gasteiger partial charge is 0.365 e. The average molecular weight is 245 g/mol. The number of hydrogen-bond acceptors (Lipinski definition) is 2. The maximum Gasteiger partial charge on any atom is 0.256 e. The summed E-state index contributed by atoms with van der Waals surface area (Å²) < 4.78 is 0. The first-order chi connectivity index (χ1) is 8.25. The second-order valence-electron chi connectivity index (χ2n) is 3.38. The Hall–Kier alpha value is -2.14. The lowest BCUT2D eigenvalue weighted by Crippen LogP contribution is -2.63. The second kappa shape index (κ2) is 5.27. The highest BCUT2D eigenvalue weighted by Gasteiger charge is 2.01. The molecule has 0 saturated heterocycles. The third-order valence-corrected chi connectivity index (χ3v) is 3.17. The van der Waals surface area contributed by atoms with Crippen molar-refractivity contribution in [3.63, 3.8) is 0 Å². The van der Waals surface area contributed by atoms with E-state index < -0.39 is 0 Å². The van der Waals surface area contributed by atoms with Gasteiger partial charge in [-0.2, -0.15) is 0 Å². The Morgan fingerprint density at radius 1 is 1.12 bits per heavy atom. The predicted molar refractivity (Wildman–Crippen MR) is 71.7 cm³/mol. The van der Waals surface area contributed by atoms with Gasteiger partial charge < -0.3 is 11.5 Å². The molecule has 0 atom stereocenters. The van der Waals surface area contributed by atoms with Crippen molar-refractivity contribution in [2.45, 2.75) is 0 Å². The molecule has 1 aromatic heterocycles. The molecule has 1 aromatic carbocycles. The van der Waals surface area contributed by atoms with Crippen LogP contribution in [0.2, 0.25) is 0 Å². The molecular formula is C12H13N4S+. The Labute approximate surface area is 103 Å². The molecule has 5 heteroatoms. The third-order valence-electron chi connectivity index (χ3n) is 2.09. The van der Waals surface area contributed by atoms with Crippen LogP contribution in [0.5, 0.6) is 0 Å². The molecule has 4 nitrogen and oxygen atoms in total. The van der Waals surface area contributed by atoms with Crippen LogP contribution in [0.15, 0.2) is 47.6 Å². The summed E-state index contributed by atoms with van der Waals surface area (Å²) in [5, 5.41) is 6.36. The van der Waals surface area contributed by atoms with Crippen molar-refractivity contribution >= 4 is 23.5 Å². The van der Waals surface area contributed by atoms with Gasteiger partial charge in [0.25, 0.3) is 5.96 Å². The first kappa shape index (κ1) is 11.3. The Balaban J connectivity index is 2.17. The fourth-order valence-corrected chi connectivity index (χ4v) is 2.25. The first-order valence-corrected chi connectivity index (χ1v) is 5.90. The highest BCUT2D eigenvalue weighted by Crippen LogP contribution is 2.26. The van der Waals surface area contributed by atoms with Gasteiger partial charge in [0.05, 0.1) is 4.88 Å². The van der Waals surface area contributed by atoms with E-state index in [2.05, 4.69) is 28.4 Å². The molecule has 0 aliphatic heterocycles. The molecule has 0 unspecified atom stereocenters. The summed E-state index contributed by atoms with van der Waals surface area (Å²) in [5.74, 6) is 0.0149. The lowest BCUT2D eigenvalue weighted by Gasteiger charge is -1.93. The second-order valence-corrected chi connectivity index (χ2v) is 4.49. The smallest absolute Gasteiger partial charge is 0.256 e. The first-order valence-electron chi connectivity index (χ1n) is 5.08. The number of nitrogens with one attached hydrogen (secondary N) is 1. The minimum Gasteiger partial charge on any atom is -0.365 e. The van der Waals surface area contributed by atoms with Gasteiger partial charge >= 0.3 is 0 Å². The van der Waals surface area contributed by atoms with Gasteiger partial charge in [-0.25, -0.2) is 0 Å². The molecule has 0 amide bonds. The summed E-state index contributed by atoms with van der Waals surface area (Å²) >= 11 is 1.67. The van der Waals surface area contributed by atoms with Crippen molar-refractivity contribution < 1.29 is 5.10 Å². The monoisotopic (exact) mass is 245 g/mol. The van der Waals surface area contributed by atoms with E-state index in [1.807, 2.05) is 24.3 Å². The van der Waals surface area contributed by atoms with E-state index >= 15 is 0 Å². The van der Waals surface area contributed by atoms with Crippen molar-refractivity contribution in [2.24, 2.45) is 16.6 Å². The number of hydrazone groups is 1. The minimum absolute atomic E-state index is 0.0149. The predicted octanol–water partition coefficient (Wildman–Crippen LogP) is 0.103. The molecule has 0 fully saturated rings. The van der Waals surface area contributed by atoms with Gasteiger partial charge in [-0.1, -0.05) is 30.3 Å². The summed E-state index contributed by atoms with van der Waals surface area (Å²) in [6.07, 6.45) is 1.76. The zero-order valence-electron chi connectivity index (χ0n) is 9.13. The number of nitrogens with zero attached hydrogens (tertiary/aromatic N) is 1. The standard InChI is InChI=1S/C12H12N4S/c13-12(14)16-15-8-10-6-7-11(17-10)9-4-2-1-3-5-9/h1-8H,(H4,13,14,16)/p+1/b15-8+. The molecule has 17 heavy (non-hydrogen) atoms. The molecule has 0 spiro atoms. The Morgan fingerprint density at radius 2 is 1.88 bits per heavy atom. The van der Waals surface area contributed by atoms with E-state index in [1.54, 1.807) is 17.6 Å².